The topological polar surface area (TPSA) is 52.7 Å². The average Bonchev–Trinajstić information content (AvgIpc) is 3.17. The Balaban J connectivity index is 1.81. The van der Waals surface area contributed by atoms with Crippen LogP contribution >= 0.6 is 11.6 Å². The lowest BCUT2D eigenvalue weighted by Gasteiger charge is -2.28. The van der Waals surface area contributed by atoms with Gasteiger partial charge in [-0.3, -0.25) is 4.90 Å². The Morgan fingerprint density at radius 3 is 2.30 bits per heavy atom. The summed E-state index contributed by atoms with van der Waals surface area (Å²) in [6.07, 6.45) is 2.28. The highest BCUT2D eigenvalue weighted by atomic mass is 35.5. The monoisotopic (exact) mass is 407 g/mol. The minimum absolute atomic E-state index is 0.000903. The first-order valence-electron chi connectivity index (χ1n) is 9.14. The van der Waals surface area contributed by atoms with Crippen molar-refractivity contribution < 1.29 is 8.42 Å². The molecule has 27 heavy (non-hydrogen) atoms. The lowest BCUT2D eigenvalue weighted by Crippen LogP contribution is -2.36. The van der Waals surface area contributed by atoms with Gasteiger partial charge in [0.1, 0.15) is 4.90 Å². The van der Waals surface area contributed by atoms with E-state index in [0.717, 1.165) is 37.2 Å². The number of nitrogens with zero attached hydrogens (tertiary/aromatic N) is 2. The van der Waals surface area contributed by atoms with E-state index in [4.69, 9.17) is 11.6 Å². The number of halogens is 1. The van der Waals surface area contributed by atoms with Crippen molar-refractivity contribution in [2.45, 2.75) is 23.8 Å². The molecule has 0 radical (unpaired) electrons. The second-order valence-corrected chi connectivity index (χ2v) is 9.17. The normalized spacial score (nSPS) is 16.4. The largest absolute Gasteiger partial charge is 0.378 e. The molecule has 2 aromatic carbocycles. The highest BCUT2D eigenvalue weighted by molar-refractivity contribution is 7.89. The first kappa shape index (κ1) is 20.1. The Hall–Kier alpha value is -1.60. The van der Waals surface area contributed by atoms with Gasteiger partial charge < -0.3 is 4.90 Å². The molecule has 1 aliphatic rings. The SMILES string of the molecule is CN(C)c1ccc([C@H](CNS(=O)(=O)c2ccccc2Cl)N2CCCC2)cc1. The summed E-state index contributed by atoms with van der Waals surface area (Å²) < 4.78 is 28.2. The van der Waals surface area contributed by atoms with Gasteiger partial charge in [0.15, 0.2) is 0 Å². The molecule has 1 atom stereocenters. The van der Waals surface area contributed by atoms with Crippen LogP contribution in [-0.4, -0.2) is 47.0 Å². The second kappa shape index (κ2) is 8.61. The van der Waals surface area contributed by atoms with Crippen molar-refractivity contribution in [3.05, 3.63) is 59.1 Å². The molecule has 1 heterocycles. The third-order valence-corrected chi connectivity index (χ3v) is 6.89. The van der Waals surface area contributed by atoms with Crippen molar-refractivity contribution in [3.63, 3.8) is 0 Å². The maximum Gasteiger partial charge on any atom is 0.242 e. The van der Waals surface area contributed by atoms with E-state index in [9.17, 15) is 8.42 Å². The van der Waals surface area contributed by atoms with Gasteiger partial charge in [-0.05, 0) is 55.8 Å². The van der Waals surface area contributed by atoms with Crippen LogP contribution in [0, 0.1) is 0 Å². The van der Waals surface area contributed by atoms with Crippen LogP contribution in [0.4, 0.5) is 5.69 Å². The Morgan fingerprint density at radius 2 is 1.70 bits per heavy atom. The molecular formula is C20H26ClN3O2S. The number of hydrogen-bond donors (Lipinski definition) is 1. The zero-order chi connectivity index (χ0) is 19.4. The molecule has 0 aliphatic carbocycles. The fourth-order valence-electron chi connectivity index (χ4n) is 3.43. The van der Waals surface area contributed by atoms with E-state index in [0.29, 0.717) is 6.54 Å². The fourth-order valence-corrected chi connectivity index (χ4v) is 4.99. The van der Waals surface area contributed by atoms with Crippen molar-refractivity contribution in [2.75, 3.05) is 38.6 Å². The highest BCUT2D eigenvalue weighted by Gasteiger charge is 2.26. The number of sulfonamides is 1. The molecular weight excluding hydrogens is 382 g/mol. The number of rotatable bonds is 7. The molecule has 0 spiro atoms. The zero-order valence-electron chi connectivity index (χ0n) is 15.7. The molecule has 1 fully saturated rings. The number of benzene rings is 2. The van der Waals surface area contributed by atoms with Crippen LogP contribution in [-0.2, 0) is 10.0 Å². The molecule has 1 saturated heterocycles. The predicted octanol–water partition coefficient (Wildman–Crippen LogP) is 3.52. The van der Waals surface area contributed by atoms with Crippen molar-refractivity contribution in [1.29, 1.82) is 0 Å². The minimum atomic E-state index is -3.66. The maximum atomic E-state index is 12.7. The maximum absolute atomic E-state index is 12.7. The van der Waals surface area contributed by atoms with Crippen molar-refractivity contribution >= 4 is 27.3 Å². The Kier molecular flexibility index (Phi) is 6.42. The predicted molar refractivity (Wildman–Crippen MR) is 111 cm³/mol. The summed E-state index contributed by atoms with van der Waals surface area (Å²) in [7, 11) is 0.347. The van der Waals surface area contributed by atoms with Gasteiger partial charge in [-0.15, -0.1) is 0 Å². The molecule has 0 unspecified atom stereocenters. The van der Waals surface area contributed by atoms with E-state index in [1.54, 1.807) is 18.2 Å². The van der Waals surface area contributed by atoms with E-state index >= 15 is 0 Å². The quantitative estimate of drug-likeness (QED) is 0.762. The second-order valence-electron chi connectivity index (χ2n) is 7.03. The molecule has 3 rings (SSSR count). The van der Waals surface area contributed by atoms with E-state index in [1.165, 1.54) is 6.07 Å². The van der Waals surface area contributed by atoms with Crippen LogP contribution in [0.15, 0.2) is 53.4 Å². The smallest absolute Gasteiger partial charge is 0.242 e. The Morgan fingerprint density at radius 1 is 1.07 bits per heavy atom. The summed E-state index contributed by atoms with van der Waals surface area (Å²) in [6, 6.07) is 14.8. The van der Waals surface area contributed by atoms with Crippen LogP contribution in [0.1, 0.15) is 24.4 Å². The molecule has 0 saturated carbocycles. The van der Waals surface area contributed by atoms with Crippen molar-refractivity contribution in [1.82, 2.24) is 9.62 Å². The molecule has 1 N–H and O–H groups in total. The summed E-state index contributed by atoms with van der Waals surface area (Å²) in [5.41, 5.74) is 2.24. The Bertz CT molecular complexity index is 863. The summed E-state index contributed by atoms with van der Waals surface area (Å²) in [4.78, 5) is 4.52. The third-order valence-electron chi connectivity index (χ3n) is 4.97. The average molecular weight is 408 g/mol. The van der Waals surface area contributed by atoms with E-state index in [-0.39, 0.29) is 16.0 Å². The highest BCUT2D eigenvalue weighted by Crippen LogP contribution is 2.27. The number of anilines is 1. The van der Waals surface area contributed by atoms with Gasteiger partial charge in [0.05, 0.1) is 5.02 Å². The summed E-state index contributed by atoms with van der Waals surface area (Å²) in [5, 5.41) is 0.234. The molecule has 7 heteroatoms. The van der Waals surface area contributed by atoms with Gasteiger partial charge in [0, 0.05) is 32.4 Å². The summed E-state index contributed by atoms with van der Waals surface area (Å²) in [5.74, 6) is 0. The van der Waals surface area contributed by atoms with Gasteiger partial charge in [-0.1, -0.05) is 35.9 Å². The first-order valence-corrected chi connectivity index (χ1v) is 11.0. The number of likely N-dealkylation sites (tertiary alicyclic amines) is 1. The minimum Gasteiger partial charge on any atom is -0.378 e. The zero-order valence-corrected chi connectivity index (χ0v) is 17.3. The standard InChI is InChI=1S/C20H26ClN3O2S/c1-23(2)17-11-9-16(10-12-17)19(24-13-5-6-14-24)15-22-27(25,26)20-8-4-3-7-18(20)21/h3-4,7-12,19,22H,5-6,13-15H2,1-2H3/t19-/m0/s1. The van der Waals surface area contributed by atoms with Crippen molar-refractivity contribution in [3.8, 4) is 0 Å². The van der Waals surface area contributed by atoms with Gasteiger partial charge in [0.25, 0.3) is 0 Å². The van der Waals surface area contributed by atoms with E-state index in [2.05, 4.69) is 38.8 Å². The number of nitrogens with one attached hydrogen (secondary N) is 1. The van der Waals surface area contributed by atoms with Crippen LogP contribution in [0.25, 0.3) is 0 Å². The number of hydrogen-bond acceptors (Lipinski definition) is 4. The fraction of sp³-hybridized carbons (Fsp3) is 0.400. The lowest BCUT2D eigenvalue weighted by atomic mass is 10.1. The Labute approximate surface area is 167 Å². The van der Waals surface area contributed by atoms with Crippen LogP contribution in [0.5, 0.6) is 0 Å². The summed E-state index contributed by atoms with van der Waals surface area (Å²) >= 11 is 6.08. The van der Waals surface area contributed by atoms with Gasteiger partial charge >= 0.3 is 0 Å². The van der Waals surface area contributed by atoms with Gasteiger partial charge in [-0.2, -0.15) is 0 Å². The summed E-state index contributed by atoms with van der Waals surface area (Å²) in [6.45, 7) is 2.27. The molecule has 5 nitrogen and oxygen atoms in total. The molecule has 146 valence electrons. The van der Waals surface area contributed by atoms with E-state index in [1.807, 2.05) is 14.1 Å². The van der Waals surface area contributed by atoms with Crippen LogP contribution < -0.4 is 9.62 Å². The molecule has 2 aromatic rings. The van der Waals surface area contributed by atoms with Gasteiger partial charge in [0.2, 0.25) is 10.0 Å². The molecule has 0 aromatic heterocycles. The third kappa shape index (κ3) is 4.82. The molecule has 0 bridgehead atoms. The molecule has 0 amide bonds. The van der Waals surface area contributed by atoms with Crippen LogP contribution in [0.3, 0.4) is 0 Å². The molecule has 1 aliphatic heterocycles. The first-order chi connectivity index (χ1) is 12.9. The van der Waals surface area contributed by atoms with Crippen molar-refractivity contribution in [2.24, 2.45) is 0 Å². The van der Waals surface area contributed by atoms with E-state index < -0.39 is 10.0 Å². The van der Waals surface area contributed by atoms with Gasteiger partial charge in [-0.25, -0.2) is 13.1 Å². The lowest BCUT2D eigenvalue weighted by molar-refractivity contribution is 0.246. The van der Waals surface area contributed by atoms with Crippen LogP contribution in [0.2, 0.25) is 5.02 Å².